The largest absolute Gasteiger partial charge is 0.494 e. The summed E-state index contributed by atoms with van der Waals surface area (Å²) in [5.74, 6) is 6.10. The Balaban J connectivity index is 1.28. The molecule has 0 N–H and O–H groups in total. The van der Waals surface area contributed by atoms with Crippen molar-refractivity contribution in [3.8, 4) is 5.75 Å². The van der Waals surface area contributed by atoms with E-state index in [0.29, 0.717) is 0 Å². The highest BCUT2D eigenvalue weighted by Crippen LogP contribution is 2.49. The van der Waals surface area contributed by atoms with E-state index in [-0.39, 0.29) is 0 Å². The number of unbranched alkanes of at least 4 members (excludes halogenated alkanes) is 1. The molecule has 1 aromatic carbocycles. The number of benzene rings is 1. The molecule has 0 aromatic heterocycles. The minimum Gasteiger partial charge on any atom is -0.494 e. The summed E-state index contributed by atoms with van der Waals surface area (Å²) in [4.78, 5) is 0. The molecule has 0 heterocycles. The quantitative estimate of drug-likeness (QED) is 0.311. The zero-order chi connectivity index (χ0) is 20.8. The Morgan fingerprint density at radius 2 is 1.73 bits per heavy atom. The number of allylic oxidation sites excluding steroid dienone is 2. The topological polar surface area (TPSA) is 9.23 Å². The molecule has 0 saturated heterocycles. The van der Waals surface area contributed by atoms with Crippen molar-refractivity contribution in [2.75, 3.05) is 6.61 Å². The second-order valence-electron chi connectivity index (χ2n) is 10.6. The highest BCUT2D eigenvalue weighted by Gasteiger charge is 2.38. The van der Waals surface area contributed by atoms with E-state index in [1.165, 1.54) is 77.0 Å². The Morgan fingerprint density at radius 1 is 0.933 bits per heavy atom. The van der Waals surface area contributed by atoms with Crippen LogP contribution in [0, 0.1) is 29.6 Å². The van der Waals surface area contributed by atoms with E-state index in [1.807, 2.05) is 0 Å². The molecule has 3 aliphatic rings. The van der Waals surface area contributed by atoms with Crippen LogP contribution in [-0.2, 0) is 12.8 Å². The Morgan fingerprint density at radius 3 is 2.57 bits per heavy atom. The van der Waals surface area contributed by atoms with Crippen LogP contribution in [-0.4, -0.2) is 6.61 Å². The van der Waals surface area contributed by atoms with Gasteiger partial charge in [-0.3, -0.25) is 0 Å². The lowest BCUT2D eigenvalue weighted by Gasteiger charge is -2.45. The summed E-state index contributed by atoms with van der Waals surface area (Å²) < 4.78 is 5.95. The average Bonchev–Trinajstić information content (AvgIpc) is 2.78. The van der Waals surface area contributed by atoms with Gasteiger partial charge in [0.1, 0.15) is 5.75 Å². The molecule has 0 radical (unpaired) electrons. The van der Waals surface area contributed by atoms with Gasteiger partial charge in [0.15, 0.2) is 0 Å². The first-order valence-electron chi connectivity index (χ1n) is 13.1. The summed E-state index contributed by atoms with van der Waals surface area (Å²) in [7, 11) is 0. The van der Waals surface area contributed by atoms with Crippen molar-refractivity contribution in [2.24, 2.45) is 29.6 Å². The first-order valence-corrected chi connectivity index (χ1v) is 13.1. The Bertz CT molecular complexity index is 690. The second kappa shape index (κ2) is 10.9. The fourth-order valence-electron chi connectivity index (χ4n) is 6.80. The molecule has 0 aliphatic heterocycles. The van der Waals surface area contributed by atoms with Crippen LogP contribution in [0.2, 0.25) is 0 Å². The van der Waals surface area contributed by atoms with Crippen LogP contribution in [0.4, 0.5) is 0 Å². The van der Waals surface area contributed by atoms with Crippen LogP contribution in [0.1, 0.15) is 95.6 Å². The molecule has 1 nitrogen and oxygen atoms in total. The van der Waals surface area contributed by atoms with Gasteiger partial charge < -0.3 is 4.74 Å². The highest BCUT2D eigenvalue weighted by molar-refractivity contribution is 5.37. The summed E-state index contributed by atoms with van der Waals surface area (Å²) in [6.45, 7) is 5.24. The van der Waals surface area contributed by atoms with Crippen molar-refractivity contribution in [1.29, 1.82) is 0 Å². The number of ether oxygens (including phenoxy) is 1. The molecule has 1 heteroatoms. The minimum atomic E-state index is 0.860. The van der Waals surface area contributed by atoms with E-state index in [9.17, 15) is 0 Å². The van der Waals surface area contributed by atoms with Gasteiger partial charge >= 0.3 is 0 Å². The lowest BCUT2D eigenvalue weighted by molar-refractivity contribution is 0.0699. The first-order chi connectivity index (χ1) is 14.8. The molecule has 4 rings (SSSR count). The maximum Gasteiger partial charge on any atom is 0.119 e. The van der Waals surface area contributed by atoms with Crippen LogP contribution in [0.3, 0.4) is 0 Å². The number of hydrogen-bond acceptors (Lipinski definition) is 1. The third-order valence-electron chi connectivity index (χ3n) is 8.62. The second-order valence-corrected chi connectivity index (χ2v) is 10.6. The van der Waals surface area contributed by atoms with E-state index in [0.717, 1.165) is 48.4 Å². The van der Waals surface area contributed by atoms with E-state index < -0.39 is 0 Å². The Kier molecular flexibility index (Phi) is 7.96. The smallest absolute Gasteiger partial charge is 0.119 e. The molecule has 2 saturated carbocycles. The maximum absolute atomic E-state index is 5.95. The number of rotatable bonds is 8. The molecular weight excluding hydrogens is 364 g/mol. The molecule has 1 aromatic rings. The Labute approximate surface area is 185 Å². The van der Waals surface area contributed by atoms with Crippen molar-refractivity contribution in [2.45, 2.75) is 97.3 Å². The van der Waals surface area contributed by atoms with Crippen molar-refractivity contribution in [3.05, 3.63) is 41.5 Å². The van der Waals surface area contributed by atoms with E-state index in [2.05, 4.69) is 44.2 Å². The maximum atomic E-state index is 5.95. The lowest BCUT2D eigenvalue weighted by Crippen LogP contribution is -2.35. The van der Waals surface area contributed by atoms with Gasteiger partial charge in [-0.05, 0) is 130 Å². The van der Waals surface area contributed by atoms with Crippen LogP contribution < -0.4 is 4.74 Å². The van der Waals surface area contributed by atoms with E-state index in [1.54, 1.807) is 11.1 Å². The summed E-state index contributed by atoms with van der Waals surface area (Å²) in [5.41, 5.74) is 3.18. The van der Waals surface area contributed by atoms with Gasteiger partial charge in [-0.1, -0.05) is 38.0 Å². The fraction of sp³-hybridized carbons (Fsp3) is 0.724. The predicted octanol–water partition coefficient (Wildman–Crippen LogP) is 8.16. The van der Waals surface area contributed by atoms with Crippen LogP contribution in [0.15, 0.2) is 30.4 Å². The van der Waals surface area contributed by atoms with Gasteiger partial charge in [-0.2, -0.15) is 0 Å². The van der Waals surface area contributed by atoms with E-state index >= 15 is 0 Å². The molecule has 30 heavy (non-hydrogen) atoms. The lowest BCUT2D eigenvalue weighted by atomic mass is 9.61. The van der Waals surface area contributed by atoms with E-state index in [4.69, 9.17) is 4.74 Å². The normalized spacial score (nSPS) is 31.3. The molecule has 0 spiro atoms. The first kappa shape index (κ1) is 22.0. The van der Waals surface area contributed by atoms with Crippen LogP contribution in [0.5, 0.6) is 5.75 Å². The molecule has 3 aliphatic carbocycles. The Hall–Kier alpha value is -1.24. The zero-order valence-electron chi connectivity index (χ0n) is 19.6. The molecule has 166 valence electrons. The predicted molar refractivity (Wildman–Crippen MR) is 128 cm³/mol. The summed E-state index contributed by atoms with van der Waals surface area (Å²) in [6.07, 6.45) is 22.8. The highest BCUT2D eigenvalue weighted by atomic mass is 16.5. The molecular formula is C29H44O. The van der Waals surface area contributed by atoms with Gasteiger partial charge in [0.2, 0.25) is 0 Å². The molecule has 5 unspecified atom stereocenters. The number of fused-ring (bicyclic) bond motifs is 2. The zero-order valence-corrected chi connectivity index (χ0v) is 19.6. The van der Waals surface area contributed by atoms with Crippen molar-refractivity contribution < 1.29 is 4.74 Å². The number of aryl methyl sites for hydroxylation is 1. The summed E-state index contributed by atoms with van der Waals surface area (Å²) in [5, 5.41) is 0. The SMILES string of the molecule is CC=CCCC1CCC2CC(C3CCc4cc(OCCCC)ccc4C3)CCC2C1. The summed E-state index contributed by atoms with van der Waals surface area (Å²) >= 11 is 0. The standard InChI is InChI=1S/C29H44O/c1-3-5-7-8-22-9-10-24-19-25(12-11-23(24)18-22)26-13-14-28-21-29(30-17-6-4-2)16-15-27(28)20-26/h3,5,15-16,21-26H,4,6-14,17-20H2,1-2H3. The summed E-state index contributed by atoms with van der Waals surface area (Å²) in [6, 6.07) is 6.94. The molecule has 5 atom stereocenters. The monoisotopic (exact) mass is 408 g/mol. The number of hydrogen-bond donors (Lipinski definition) is 0. The molecule has 0 amide bonds. The van der Waals surface area contributed by atoms with Gasteiger partial charge in [-0.25, -0.2) is 0 Å². The molecule has 0 bridgehead atoms. The molecule has 2 fully saturated rings. The van der Waals surface area contributed by atoms with Crippen LogP contribution >= 0.6 is 0 Å². The third-order valence-corrected chi connectivity index (χ3v) is 8.62. The average molecular weight is 409 g/mol. The minimum absolute atomic E-state index is 0.860. The van der Waals surface area contributed by atoms with Crippen LogP contribution in [0.25, 0.3) is 0 Å². The van der Waals surface area contributed by atoms with Gasteiger partial charge in [0.05, 0.1) is 6.61 Å². The fourth-order valence-corrected chi connectivity index (χ4v) is 6.80. The van der Waals surface area contributed by atoms with Crippen molar-refractivity contribution >= 4 is 0 Å². The third kappa shape index (κ3) is 5.51. The van der Waals surface area contributed by atoms with Gasteiger partial charge in [-0.15, -0.1) is 0 Å². The van der Waals surface area contributed by atoms with Crippen molar-refractivity contribution in [1.82, 2.24) is 0 Å². The van der Waals surface area contributed by atoms with Gasteiger partial charge in [0.25, 0.3) is 0 Å². The van der Waals surface area contributed by atoms with Crippen molar-refractivity contribution in [3.63, 3.8) is 0 Å². The van der Waals surface area contributed by atoms with Gasteiger partial charge in [0, 0.05) is 0 Å².